The second-order valence-electron chi connectivity index (χ2n) is 5.61. The Hall–Kier alpha value is -1.10. The molecule has 21 heavy (non-hydrogen) atoms. The molecule has 0 bridgehead atoms. The first-order chi connectivity index (χ1) is 10.2. The maximum Gasteiger partial charge on any atom is 0.119 e. The van der Waals surface area contributed by atoms with Crippen LogP contribution in [-0.4, -0.2) is 50.9 Å². The van der Waals surface area contributed by atoms with Gasteiger partial charge < -0.3 is 19.7 Å². The molecule has 0 aliphatic carbocycles. The second kappa shape index (κ2) is 8.37. The van der Waals surface area contributed by atoms with E-state index in [0.29, 0.717) is 6.61 Å². The zero-order valence-corrected chi connectivity index (χ0v) is 13.5. The van der Waals surface area contributed by atoms with Crippen molar-refractivity contribution in [3.05, 3.63) is 29.8 Å². The molecule has 1 aromatic rings. The van der Waals surface area contributed by atoms with E-state index in [-0.39, 0.29) is 12.1 Å². The third-order valence-electron chi connectivity index (χ3n) is 3.83. The van der Waals surface area contributed by atoms with Gasteiger partial charge in [-0.3, -0.25) is 0 Å². The Morgan fingerprint density at radius 1 is 1.33 bits per heavy atom. The van der Waals surface area contributed by atoms with Crippen LogP contribution in [0, 0.1) is 0 Å². The molecular weight excluding hydrogens is 264 g/mol. The zero-order valence-electron chi connectivity index (χ0n) is 13.5. The molecule has 2 rings (SSSR count). The lowest BCUT2D eigenvalue weighted by Gasteiger charge is -2.36. The Morgan fingerprint density at radius 2 is 2.10 bits per heavy atom. The van der Waals surface area contributed by atoms with Crippen LogP contribution in [-0.2, 0) is 4.74 Å². The van der Waals surface area contributed by atoms with Crippen molar-refractivity contribution in [3.8, 4) is 5.75 Å². The van der Waals surface area contributed by atoms with Crippen molar-refractivity contribution in [1.82, 2.24) is 10.2 Å². The zero-order chi connectivity index (χ0) is 15.1. The van der Waals surface area contributed by atoms with Crippen LogP contribution in [0.1, 0.15) is 31.9 Å². The molecule has 1 aliphatic rings. The Labute approximate surface area is 128 Å². The van der Waals surface area contributed by atoms with Gasteiger partial charge in [0.2, 0.25) is 0 Å². The minimum atomic E-state index is 0.202. The lowest BCUT2D eigenvalue weighted by atomic mass is 9.99. The van der Waals surface area contributed by atoms with E-state index in [1.165, 1.54) is 5.56 Å². The van der Waals surface area contributed by atoms with Crippen molar-refractivity contribution >= 4 is 0 Å². The smallest absolute Gasteiger partial charge is 0.119 e. The van der Waals surface area contributed by atoms with Gasteiger partial charge in [-0.2, -0.15) is 0 Å². The van der Waals surface area contributed by atoms with Crippen molar-refractivity contribution in [2.24, 2.45) is 0 Å². The second-order valence-corrected chi connectivity index (χ2v) is 5.61. The molecule has 1 aromatic carbocycles. The number of rotatable bonds is 7. The van der Waals surface area contributed by atoms with Crippen LogP contribution in [0.25, 0.3) is 0 Å². The largest absolute Gasteiger partial charge is 0.494 e. The number of hydrogen-bond donors (Lipinski definition) is 1. The molecule has 1 N–H and O–H groups in total. The Morgan fingerprint density at radius 3 is 2.71 bits per heavy atom. The minimum Gasteiger partial charge on any atom is -0.494 e. The number of morpholine rings is 1. The molecule has 0 spiro atoms. The van der Waals surface area contributed by atoms with Crippen LogP contribution in [0.5, 0.6) is 5.75 Å². The fraction of sp³-hybridized carbons (Fsp3) is 0.647. The fourth-order valence-corrected chi connectivity index (χ4v) is 2.71. The normalized spacial score (nSPS) is 21.2. The van der Waals surface area contributed by atoms with E-state index in [1.807, 2.05) is 19.1 Å². The van der Waals surface area contributed by atoms with Crippen molar-refractivity contribution in [2.75, 3.05) is 39.9 Å². The SMILES string of the molecule is CCCNC(c1ccc(OCC)cc1)C1CN(C)CCO1. The Bertz CT molecular complexity index is 408. The predicted molar refractivity (Wildman–Crippen MR) is 85.9 cm³/mol. The first-order valence-corrected chi connectivity index (χ1v) is 8.00. The average Bonchev–Trinajstić information content (AvgIpc) is 2.50. The first-order valence-electron chi connectivity index (χ1n) is 8.00. The summed E-state index contributed by atoms with van der Waals surface area (Å²) in [6, 6.07) is 8.63. The molecule has 118 valence electrons. The summed E-state index contributed by atoms with van der Waals surface area (Å²) in [6.45, 7) is 8.69. The quantitative estimate of drug-likeness (QED) is 0.837. The van der Waals surface area contributed by atoms with Crippen molar-refractivity contribution < 1.29 is 9.47 Å². The van der Waals surface area contributed by atoms with Crippen LogP contribution in [0.4, 0.5) is 0 Å². The van der Waals surface area contributed by atoms with Gasteiger partial charge in [0.25, 0.3) is 0 Å². The van der Waals surface area contributed by atoms with Gasteiger partial charge in [-0.05, 0) is 44.6 Å². The van der Waals surface area contributed by atoms with Gasteiger partial charge in [-0.25, -0.2) is 0 Å². The Kier molecular flexibility index (Phi) is 6.49. The number of likely N-dealkylation sites (N-methyl/N-ethyl adjacent to an activating group) is 1. The molecule has 4 heteroatoms. The minimum absolute atomic E-state index is 0.202. The fourth-order valence-electron chi connectivity index (χ4n) is 2.71. The van der Waals surface area contributed by atoms with Gasteiger partial charge in [0, 0.05) is 13.1 Å². The van der Waals surface area contributed by atoms with E-state index < -0.39 is 0 Å². The molecule has 0 saturated carbocycles. The molecule has 0 radical (unpaired) electrons. The van der Waals surface area contributed by atoms with Crippen molar-refractivity contribution in [1.29, 1.82) is 0 Å². The predicted octanol–water partition coefficient (Wildman–Crippen LogP) is 2.46. The summed E-state index contributed by atoms with van der Waals surface area (Å²) in [5.41, 5.74) is 1.27. The van der Waals surface area contributed by atoms with Crippen LogP contribution in [0.15, 0.2) is 24.3 Å². The third kappa shape index (κ3) is 4.70. The highest BCUT2D eigenvalue weighted by atomic mass is 16.5. The van der Waals surface area contributed by atoms with Gasteiger partial charge in [0.05, 0.1) is 25.4 Å². The van der Waals surface area contributed by atoms with Gasteiger partial charge in [0.1, 0.15) is 5.75 Å². The van der Waals surface area contributed by atoms with Crippen LogP contribution >= 0.6 is 0 Å². The summed E-state index contributed by atoms with van der Waals surface area (Å²) in [5.74, 6) is 0.928. The first kappa shape index (κ1) is 16.3. The molecular formula is C17H28N2O2. The summed E-state index contributed by atoms with van der Waals surface area (Å²) < 4.78 is 11.5. The summed E-state index contributed by atoms with van der Waals surface area (Å²) >= 11 is 0. The van der Waals surface area contributed by atoms with Crippen molar-refractivity contribution in [2.45, 2.75) is 32.4 Å². The topological polar surface area (TPSA) is 33.7 Å². The number of nitrogens with zero attached hydrogens (tertiary/aromatic N) is 1. The van der Waals surface area contributed by atoms with Crippen molar-refractivity contribution in [3.63, 3.8) is 0 Å². The summed E-state index contributed by atoms with van der Waals surface area (Å²) in [7, 11) is 2.16. The maximum atomic E-state index is 6.00. The molecule has 0 amide bonds. The summed E-state index contributed by atoms with van der Waals surface area (Å²) in [5, 5.41) is 3.63. The number of benzene rings is 1. The van der Waals surface area contributed by atoms with Gasteiger partial charge in [-0.15, -0.1) is 0 Å². The Balaban J connectivity index is 2.10. The van der Waals surface area contributed by atoms with Gasteiger partial charge >= 0.3 is 0 Å². The third-order valence-corrected chi connectivity index (χ3v) is 3.83. The lowest BCUT2D eigenvalue weighted by Crippen LogP contribution is -2.46. The van der Waals surface area contributed by atoms with Crippen LogP contribution in [0.2, 0.25) is 0 Å². The van der Waals surface area contributed by atoms with E-state index in [0.717, 1.165) is 38.4 Å². The van der Waals surface area contributed by atoms with E-state index >= 15 is 0 Å². The summed E-state index contributed by atoms with van der Waals surface area (Å²) in [6.07, 6.45) is 1.32. The standard InChI is InChI=1S/C17H28N2O2/c1-4-10-18-17(16-13-19(3)11-12-21-16)14-6-8-15(9-7-14)20-5-2/h6-9,16-18H,4-5,10-13H2,1-3H3. The van der Waals surface area contributed by atoms with Gasteiger partial charge in [0.15, 0.2) is 0 Å². The van der Waals surface area contributed by atoms with E-state index in [9.17, 15) is 0 Å². The molecule has 0 aromatic heterocycles. The summed E-state index contributed by atoms with van der Waals surface area (Å²) in [4.78, 5) is 2.34. The monoisotopic (exact) mass is 292 g/mol. The number of hydrogen-bond acceptors (Lipinski definition) is 4. The van der Waals surface area contributed by atoms with Gasteiger partial charge in [-0.1, -0.05) is 19.1 Å². The van der Waals surface area contributed by atoms with E-state index in [4.69, 9.17) is 9.47 Å². The average molecular weight is 292 g/mol. The highest BCUT2D eigenvalue weighted by Gasteiger charge is 2.27. The molecule has 2 unspecified atom stereocenters. The highest BCUT2D eigenvalue weighted by Crippen LogP contribution is 2.24. The van der Waals surface area contributed by atoms with Crippen LogP contribution < -0.4 is 10.1 Å². The maximum absolute atomic E-state index is 6.00. The lowest BCUT2D eigenvalue weighted by molar-refractivity contribution is -0.0392. The van der Waals surface area contributed by atoms with E-state index in [2.05, 4.69) is 36.3 Å². The molecule has 1 heterocycles. The van der Waals surface area contributed by atoms with E-state index in [1.54, 1.807) is 0 Å². The highest BCUT2D eigenvalue weighted by molar-refractivity contribution is 5.30. The molecule has 1 aliphatic heterocycles. The molecule has 2 atom stereocenters. The molecule has 1 fully saturated rings. The number of ether oxygens (including phenoxy) is 2. The van der Waals surface area contributed by atoms with Crippen LogP contribution in [0.3, 0.4) is 0 Å². The number of nitrogens with one attached hydrogen (secondary N) is 1. The molecule has 4 nitrogen and oxygen atoms in total. The molecule has 1 saturated heterocycles.